The highest BCUT2D eigenvalue weighted by atomic mass is 16.6. The van der Waals surface area contributed by atoms with Gasteiger partial charge in [0.25, 0.3) is 0 Å². The monoisotopic (exact) mass is 304 g/mol. The Morgan fingerprint density at radius 1 is 1.27 bits per heavy atom. The number of nitrogen functional groups attached to an aromatic ring is 1. The molecule has 0 radical (unpaired) electrons. The third-order valence-corrected chi connectivity index (χ3v) is 4.20. The number of piperidine rings is 1. The quantitative estimate of drug-likeness (QED) is 0.792. The van der Waals surface area contributed by atoms with Gasteiger partial charge in [0.2, 0.25) is 0 Å². The van der Waals surface area contributed by atoms with Gasteiger partial charge in [0.15, 0.2) is 0 Å². The topological polar surface area (TPSA) is 55.6 Å². The number of carbonyl (C=O) groups is 1. The van der Waals surface area contributed by atoms with Crippen LogP contribution in [0.15, 0.2) is 24.3 Å². The third kappa shape index (κ3) is 3.93. The van der Waals surface area contributed by atoms with Crippen molar-refractivity contribution in [2.75, 3.05) is 12.3 Å². The number of nitrogens with two attached hydrogens (primary N) is 1. The van der Waals surface area contributed by atoms with Crippen molar-refractivity contribution in [3.8, 4) is 0 Å². The summed E-state index contributed by atoms with van der Waals surface area (Å²) in [6.07, 6.45) is 1.66. The van der Waals surface area contributed by atoms with Crippen LogP contribution >= 0.6 is 0 Å². The lowest BCUT2D eigenvalue weighted by atomic mass is 9.79. The third-order valence-electron chi connectivity index (χ3n) is 4.20. The first-order chi connectivity index (χ1) is 10.1. The van der Waals surface area contributed by atoms with Crippen LogP contribution in [0.3, 0.4) is 0 Å². The van der Waals surface area contributed by atoms with Gasteiger partial charge < -0.3 is 15.4 Å². The number of rotatable bonds is 1. The Morgan fingerprint density at radius 3 is 2.36 bits per heavy atom. The second-order valence-corrected chi connectivity index (χ2v) is 7.80. The summed E-state index contributed by atoms with van der Waals surface area (Å²) >= 11 is 0. The Kier molecular flexibility index (Phi) is 4.41. The molecule has 1 aliphatic rings. The smallest absolute Gasteiger partial charge is 0.410 e. The normalized spacial score (nSPS) is 21.5. The van der Waals surface area contributed by atoms with Crippen molar-refractivity contribution >= 4 is 11.8 Å². The second kappa shape index (κ2) is 5.82. The molecule has 2 N–H and O–H groups in total. The molecule has 0 aromatic heterocycles. The fourth-order valence-corrected chi connectivity index (χ4v) is 3.11. The molecule has 1 saturated heterocycles. The molecule has 1 aromatic rings. The predicted octanol–water partition coefficient (Wildman–Crippen LogP) is 4.16. The van der Waals surface area contributed by atoms with Gasteiger partial charge in [0.05, 0.1) is 0 Å². The van der Waals surface area contributed by atoms with Crippen molar-refractivity contribution in [3.63, 3.8) is 0 Å². The molecule has 1 atom stereocenters. The summed E-state index contributed by atoms with van der Waals surface area (Å²) in [7, 11) is 0. The van der Waals surface area contributed by atoms with Crippen LogP contribution in [0.4, 0.5) is 10.5 Å². The molecule has 22 heavy (non-hydrogen) atoms. The number of nitrogens with zero attached hydrogens (tertiary/aromatic N) is 1. The molecule has 1 fully saturated rings. The van der Waals surface area contributed by atoms with Gasteiger partial charge in [-0.05, 0) is 71.1 Å². The van der Waals surface area contributed by atoms with E-state index in [9.17, 15) is 4.79 Å². The van der Waals surface area contributed by atoms with Gasteiger partial charge in [-0.15, -0.1) is 0 Å². The number of amides is 1. The lowest BCUT2D eigenvalue weighted by Crippen LogP contribution is -2.53. The molecular formula is C18H28N2O2. The highest BCUT2D eigenvalue weighted by Gasteiger charge is 2.39. The SMILES string of the molecule is CC(C)(C)OC(=O)N1CCC(c2ccc(N)cc2)CC1(C)C. The molecule has 1 unspecified atom stereocenters. The van der Waals surface area contributed by atoms with Gasteiger partial charge in [-0.1, -0.05) is 12.1 Å². The van der Waals surface area contributed by atoms with Gasteiger partial charge in [-0.2, -0.15) is 0 Å². The van der Waals surface area contributed by atoms with Gasteiger partial charge >= 0.3 is 6.09 Å². The summed E-state index contributed by atoms with van der Waals surface area (Å²) in [5.41, 5.74) is 7.17. The average molecular weight is 304 g/mol. The van der Waals surface area contributed by atoms with Crippen molar-refractivity contribution in [1.82, 2.24) is 4.90 Å². The van der Waals surface area contributed by atoms with Crippen LogP contribution in [0.2, 0.25) is 0 Å². The van der Waals surface area contributed by atoms with E-state index in [1.165, 1.54) is 5.56 Å². The number of carbonyl (C=O) groups excluding carboxylic acids is 1. The molecule has 1 aromatic carbocycles. The summed E-state index contributed by atoms with van der Waals surface area (Å²) in [5, 5.41) is 0. The average Bonchev–Trinajstić information content (AvgIpc) is 2.36. The van der Waals surface area contributed by atoms with Crippen molar-refractivity contribution < 1.29 is 9.53 Å². The van der Waals surface area contributed by atoms with Crippen LogP contribution in [0.25, 0.3) is 0 Å². The Bertz CT molecular complexity index is 529. The molecule has 1 aliphatic heterocycles. The first kappa shape index (κ1) is 16.7. The minimum absolute atomic E-state index is 0.215. The maximum atomic E-state index is 12.4. The molecular weight excluding hydrogens is 276 g/mol. The molecule has 122 valence electrons. The summed E-state index contributed by atoms with van der Waals surface area (Å²) in [5.74, 6) is 0.453. The van der Waals surface area contributed by atoms with E-state index in [-0.39, 0.29) is 11.6 Å². The molecule has 0 spiro atoms. The zero-order valence-corrected chi connectivity index (χ0v) is 14.3. The number of likely N-dealkylation sites (tertiary alicyclic amines) is 1. The standard InChI is InChI=1S/C18H28N2O2/c1-17(2,3)22-16(21)20-11-10-14(12-18(20,4)5)13-6-8-15(19)9-7-13/h6-9,14H,10-12,19H2,1-5H3. The van der Waals surface area contributed by atoms with E-state index in [1.54, 1.807) is 0 Å². The molecule has 0 saturated carbocycles. The van der Waals surface area contributed by atoms with E-state index >= 15 is 0 Å². The molecule has 4 nitrogen and oxygen atoms in total. The first-order valence-electron chi connectivity index (χ1n) is 7.94. The maximum absolute atomic E-state index is 12.4. The number of hydrogen-bond donors (Lipinski definition) is 1. The zero-order valence-electron chi connectivity index (χ0n) is 14.3. The minimum atomic E-state index is -0.457. The summed E-state index contributed by atoms with van der Waals surface area (Å²) in [6.45, 7) is 10.6. The van der Waals surface area contributed by atoms with Crippen LogP contribution in [-0.4, -0.2) is 28.7 Å². The fourth-order valence-electron chi connectivity index (χ4n) is 3.11. The van der Waals surface area contributed by atoms with Crippen LogP contribution in [-0.2, 0) is 4.74 Å². The fraction of sp³-hybridized carbons (Fsp3) is 0.611. The maximum Gasteiger partial charge on any atom is 0.410 e. The van der Waals surface area contributed by atoms with E-state index in [0.717, 1.165) is 25.1 Å². The van der Waals surface area contributed by atoms with Gasteiger partial charge in [-0.25, -0.2) is 4.79 Å². The van der Waals surface area contributed by atoms with Gasteiger partial charge in [0, 0.05) is 17.8 Å². The number of benzene rings is 1. The van der Waals surface area contributed by atoms with Gasteiger partial charge in [0.1, 0.15) is 5.60 Å². The summed E-state index contributed by atoms with van der Waals surface area (Å²) in [6, 6.07) is 8.09. The molecule has 1 amide bonds. The Hall–Kier alpha value is -1.71. The largest absolute Gasteiger partial charge is 0.444 e. The molecule has 0 bridgehead atoms. The molecule has 4 heteroatoms. The lowest BCUT2D eigenvalue weighted by molar-refractivity contribution is -0.00931. The van der Waals surface area contributed by atoms with Crippen LogP contribution in [0.1, 0.15) is 58.9 Å². The minimum Gasteiger partial charge on any atom is -0.444 e. The Labute approximate surface area is 133 Å². The zero-order chi connectivity index (χ0) is 16.5. The van der Waals surface area contributed by atoms with Crippen molar-refractivity contribution in [3.05, 3.63) is 29.8 Å². The van der Waals surface area contributed by atoms with Gasteiger partial charge in [-0.3, -0.25) is 0 Å². The van der Waals surface area contributed by atoms with Crippen LogP contribution < -0.4 is 5.73 Å². The second-order valence-electron chi connectivity index (χ2n) is 7.80. The first-order valence-corrected chi connectivity index (χ1v) is 7.94. The van der Waals surface area contributed by atoms with Crippen LogP contribution in [0.5, 0.6) is 0 Å². The Morgan fingerprint density at radius 2 is 1.86 bits per heavy atom. The van der Waals surface area contributed by atoms with E-state index in [4.69, 9.17) is 10.5 Å². The Balaban J connectivity index is 2.09. The van der Waals surface area contributed by atoms with Crippen molar-refractivity contribution in [2.45, 2.75) is 64.5 Å². The predicted molar refractivity (Wildman–Crippen MR) is 89.8 cm³/mol. The van der Waals surface area contributed by atoms with Crippen molar-refractivity contribution in [1.29, 1.82) is 0 Å². The molecule has 2 rings (SSSR count). The summed E-state index contributed by atoms with van der Waals surface area (Å²) in [4.78, 5) is 14.3. The molecule has 1 heterocycles. The number of anilines is 1. The highest BCUT2D eigenvalue weighted by Crippen LogP contribution is 2.38. The van der Waals surface area contributed by atoms with Crippen LogP contribution in [0, 0.1) is 0 Å². The lowest BCUT2D eigenvalue weighted by Gasteiger charge is -2.45. The summed E-state index contributed by atoms with van der Waals surface area (Å²) < 4.78 is 5.54. The van der Waals surface area contributed by atoms with Crippen molar-refractivity contribution in [2.24, 2.45) is 0 Å². The number of ether oxygens (including phenoxy) is 1. The highest BCUT2D eigenvalue weighted by molar-refractivity contribution is 5.69. The number of hydrogen-bond acceptors (Lipinski definition) is 3. The van der Waals surface area contributed by atoms with E-state index in [0.29, 0.717) is 5.92 Å². The van der Waals surface area contributed by atoms with E-state index in [1.807, 2.05) is 37.8 Å². The van der Waals surface area contributed by atoms with E-state index < -0.39 is 5.60 Å². The molecule has 0 aliphatic carbocycles. The van der Waals surface area contributed by atoms with E-state index in [2.05, 4.69) is 26.0 Å².